The van der Waals surface area contributed by atoms with Gasteiger partial charge in [0.05, 0.1) is 12.2 Å². The molecule has 1 aliphatic carbocycles. The van der Waals surface area contributed by atoms with Gasteiger partial charge < -0.3 is 10.1 Å². The van der Waals surface area contributed by atoms with Crippen LogP contribution in [0.1, 0.15) is 74.4 Å². The number of hydrogen-bond donors (Lipinski definition) is 1. The SMILES string of the molecule is CC1(C(=O)N2CCc3ccc(C(F)(F)F)cc3C2=O)CCC(NC2CCOCC2F)C1.CCC. The molecule has 1 aromatic carbocycles. The maximum absolute atomic E-state index is 14.1. The smallest absolute Gasteiger partial charge is 0.378 e. The Morgan fingerprint density at radius 3 is 2.62 bits per heavy atom. The lowest BCUT2D eigenvalue weighted by molar-refractivity contribution is -0.138. The number of benzene rings is 1. The number of ether oxygens (including phenoxy) is 1. The summed E-state index contributed by atoms with van der Waals surface area (Å²) < 4.78 is 58.4. The van der Waals surface area contributed by atoms with E-state index >= 15 is 0 Å². The fourth-order valence-electron chi connectivity index (χ4n) is 4.94. The molecular weight excluding hydrogens is 452 g/mol. The van der Waals surface area contributed by atoms with E-state index in [4.69, 9.17) is 4.74 Å². The highest BCUT2D eigenvalue weighted by atomic mass is 19.4. The van der Waals surface area contributed by atoms with E-state index in [2.05, 4.69) is 19.2 Å². The number of nitrogens with one attached hydrogen (secondary N) is 1. The van der Waals surface area contributed by atoms with Gasteiger partial charge >= 0.3 is 6.18 Å². The van der Waals surface area contributed by atoms with E-state index in [1.165, 1.54) is 12.5 Å². The normalized spacial score (nSPS) is 29.3. The summed E-state index contributed by atoms with van der Waals surface area (Å²) in [4.78, 5) is 27.3. The summed E-state index contributed by atoms with van der Waals surface area (Å²) in [5.74, 6) is -1.04. The largest absolute Gasteiger partial charge is 0.416 e. The number of halogens is 4. The average molecular weight is 487 g/mol. The number of rotatable bonds is 3. The van der Waals surface area contributed by atoms with Crippen molar-refractivity contribution in [2.24, 2.45) is 5.41 Å². The van der Waals surface area contributed by atoms with Crippen LogP contribution in [0.2, 0.25) is 0 Å². The van der Waals surface area contributed by atoms with E-state index in [9.17, 15) is 27.2 Å². The fourth-order valence-corrected chi connectivity index (χ4v) is 4.94. The van der Waals surface area contributed by atoms with E-state index in [1.54, 1.807) is 6.92 Å². The van der Waals surface area contributed by atoms with Crippen LogP contribution in [-0.4, -0.2) is 54.7 Å². The summed E-state index contributed by atoms with van der Waals surface area (Å²) in [5, 5.41) is 3.30. The number of alkyl halides is 4. The first-order valence-corrected chi connectivity index (χ1v) is 12.0. The summed E-state index contributed by atoms with van der Waals surface area (Å²) in [6, 6.07) is 2.74. The molecule has 190 valence electrons. The third-order valence-electron chi connectivity index (χ3n) is 6.76. The van der Waals surface area contributed by atoms with Gasteiger partial charge in [0.15, 0.2) is 0 Å². The summed E-state index contributed by atoms with van der Waals surface area (Å²) in [5.41, 5.74) is -1.26. The molecule has 4 atom stereocenters. The minimum Gasteiger partial charge on any atom is -0.378 e. The van der Waals surface area contributed by atoms with Gasteiger partial charge in [0.1, 0.15) is 6.17 Å². The van der Waals surface area contributed by atoms with Gasteiger partial charge in [-0.1, -0.05) is 33.3 Å². The van der Waals surface area contributed by atoms with E-state index in [0.29, 0.717) is 44.3 Å². The van der Waals surface area contributed by atoms with Gasteiger partial charge in [-0.25, -0.2) is 4.39 Å². The van der Waals surface area contributed by atoms with Crippen LogP contribution in [0.5, 0.6) is 0 Å². The number of nitrogens with zero attached hydrogens (tertiary/aromatic N) is 1. The van der Waals surface area contributed by atoms with Crippen LogP contribution in [0, 0.1) is 5.41 Å². The molecule has 2 amide bonds. The average Bonchev–Trinajstić information content (AvgIpc) is 3.17. The zero-order valence-corrected chi connectivity index (χ0v) is 20.0. The number of hydrogen-bond acceptors (Lipinski definition) is 4. The lowest BCUT2D eigenvalue weighted by Gasteiger charge is -2.34. The lowest BCUT2D eigenvalue weighted by Crippen LogP contribution is -2.50. The Bertz CT molecular complexity index is 891. The molecule has 0 bridgehead atoms. The van der Waals surface area contributed by atoms with Crippen LogP contribution in [0.15, 0.2) is 18.2 Å². The molecule has 1 saturated carbocycles. The van der Waals surface area contributed by atoms with Gasteiger partial charge in [0, 0.05) is 36.2 Å². The standard InChI is InChI=1S/C22H26F4N2O3.C3H8/c1-21(7-4-15(11-21)27-18-6-9-31-12-17(18)23)20(30)28-8-5-13-2-3-14(22(24,25)26)10-16(13)19(28)29;1-3-2/h2-3,10,15,17-18,27H,4-9,11-12H2,1H3;3H2,1-2H3. The van der Waals surface area contributed by atoms with Crippen molar-refractivity contribution in [1.82, 2.24) is 10.2 Å². The van der Waals surface area contributed by atoms with Crippen molar-refractivity contribution >= 4 is 11.8 Å². The van der Waals surface area contributed by atoms with E-state index in [-0.39, 0.29) is 36.7 Å². The molecule has 0 radical (unpaired) electrons. The molecule has 1 N–H and O–H groups in total. The quantitative estimate of drug-likeness (QED) is 0.487. The van der Waals surface area contributed by atoms with Crippen molar-refractivity contribution in [3.05, 3.63) is 34.9 Å². The Hall–Kier alpha value is -2.00. The van der Waals surface area contributed by atoms with Crippen molar-refractivity contribution in [3.8, 4) is 0 Å². The molecule has 2 aliphatic heterocycles. The van der Waals surface area contributed by atoms with Crippen molar-refractivity contribution < 1.29 is 31.9 Å². The minimum atomic E-state index is -4.56. The van der Waals surface area contributed by atoms with Crippen LogP contribution in [0.25, 0.3) is 0 Å². The Morgan fingerprint density at radius 1 is 1.26 bits per heavy atom. The van der Waals surface area contributed by atoms with Crippen LogP contribution < -0.4 is 5.32 Å². The Morgan fingerprint density at radius 2 is 1.97 bits per heavy atom. The van der Waals surface area contributed by atoms with Gasteiger partial charge in [-0.3, -0.25) is 14.5 Å². The predicted molar refractivity (Wildman–Crippen MR) is 120 cm³/mol. The van der Waals surface area contributed by atoms with Crippen molar-refractivity contribution in [2.45, 2.75) is 83.7 Å². The highest BCUT2D eigenvalue weighted by molar-refractivity contribution is 6.08. The van der Waals surface area contributed by atoms with E-state index < -0.39 is 29.2 Å². The molecule has 0 spiro atoms. The van der Waals surface area contributed by atoms with Gasteiger partial charge in [-0.15, -0.1) is 0 Å². The molecule has 4 unspecified atom stereocenters. The van der Waals surface area contributed by atoms with Gasteiger partial charge in [0.25, 0.3) is 5.91 Å². The second kappa shape index (κ2) is 10.7. The highest BCUT2D eigenvalue weighted by Gasteiger charge is 2.47. The van der Waals surface area contributed by atoms with Gasteiger partial charge in [-0.05, 0) is 49.8 Å². The molecule has 5 nitrogen and oxygen atoms in total. The zero-order chi connectivity index (χ0) is 25.1. The van der Waals surface area contributed by atoms with Crippen molar-refractivity contribution in [2.75, 3.05) is 19.8 Å². The molecule has 9 heteroatoms. The number of imide groups is 1. The van der Waals surface area contributed by atoms with E-state index in [1.807, 2.05) is 0 Å². The van der Waals surface area contributed by atoms with Gasteiger partial charge in [0.2, 0.25) is 5.91 Å². The molecule has 2 heterocycles. The highest BCUT2D eigenvalue weighted by Crippen LogP contribution is 2.41. The lowest BCUT2D eigenvalue weighted by atomic mass is 9.85. The summed E-state index contributed by atoms with van der Waals surface area (Å²) in [7, 11) is 0. The van der Waals surface area contributed by atoms with Gasteiger partial charge in [-0.2, -0.15) is 13.2 Å². The second-order valence-corrected chi connectivity index (χ2v) is 9.74. The molecular formula is C25H34F4N2O3. The van der Waals surface area contributed by atoms with Crippen molar-refractivity contribution in [1.29, 1.82) is 0 Å². The number of carbonyl (C=O) groups is 2. The molecule has 4 rings (SSSR count). The van der Waals surface area contributed by atoms with Crippen LogP contribution >= 0.6 is 0 Å². The number of fused-ring (bicyclic) bond motifs is 1. The first-order valence-electron chi connectivity index (χ1n) is 12.0. The molecule has 1 aromatic rings. The first-order chi connectivity index (χ1) is 16.0. The molecule has 34 heavy (non-hydrogen) atoms. The topological polar surface area (TPSA) is 58.6 Å². The molecule has 1 saturated heterocycles. The fraction of sp³-hybridized carbons (Fsp3) is 0.680. The third kappa shape index (κ3) is 5.79. The third-order valence-corrected chi connectivity index (χ3v) is 6.76. The number of amides is 2. The second-order valence-electron chi connectivity index (χ2n) is 9.74. The summed E-state index contributed by atoms with van der Waals surface area (Å²) in [6.45, 7) is 6.73. The maximum Gasteiger partial charge on any atom is 0.416 e. The monoisotopic (exact) mass is 486 g/mol. The summed E-state index contributed by atoms with van der Waals surface area (Å²) in [6.07, 6.45) is -1.86. The molecule has 3 aliphatic rings. The minimum absolute atomic E-state index is 0.0562. The Labute approximate surface area is 198 Å². The zero-order valence-electron chi connectivity index (χ0n) is 20.0. The molecule has 2 fully saturated rings. The summed E-state index contributed by atoms with van der Waals surface area (Å²) >= 11 is 0. The maximum atomic E-state index is 14.1. The van der Waals surface area contributed by atoms with Crippen molar-refractivity contribution in [3.63, 3.8) is 0 Å². The first kappa shape index (κ1) is 26.6. The van der Waals surface area contributed by atoms with Crippen LogP contribution in [0.3, 0.4) is 0 Å². The van der Waals surface area contributed by atoms with E-state index in [0.717, 1.165) is 17.0 Å². The number of carbonyl (C=O) groups excluding carboxylic acids is 2. The molecule has 0 aromatic heterocycles. The van der Waals surface area contributed by atoms with Crippen LogP contribution in [-0.2, 0) is 22.1 Å². The Kier molecular flexibility index (Phi) is 8.39. The van der Waals surface area contributed by atoms with Crippen LogP contribution in [0.4, 0.5) is 17.6 Å². The predicted octanol–water partition coefficient (Wildman–Crippen LogP) is 4.92. The Balaban J connectivity index is 0.00000103.